The maximum atomic E-state index is 15.4. The Balaban J connectivity index is 0.000000405. The fourth-order valence-electron chi connectivity index (χ4n) is 6.29. The van der Waals surface area contributed by atoms with Crippen molar-refractivity contribution in [3.63, 3.8) is 0 Å². The van der Waals surface area contributed by atoms with E-state index in [9.17, 15) is 62.3 Å². The monoisotopic (exact) mass is 946 g/mol. The van der Waals surface area contributed by atoms with Crippen LogP contribution in [0.2, 0.25) is 0 Å². The second-order valence-corrected chi connectivity index (χ2v) is 15.3. The van der Waals surface area contributed by atoms with Gasteiger partial charge in [0.1, 0.15) is 52.7 Å². The summed E-state index contributed by atoms with van der Waals surface area (Å²) >= 11 is 0. The van der Waals surface area contributed by atoms with E-state index >= 15 is 35.1 Å². The van der Waals surface area contributed by atoms with Crippen LogP contribution in [0.4, 0.5) is 87.8 Å². The molecule has 0 fully saturated rings. The van der Waals surface area contributed by atoms with Crippen molar-refractivity contribution in [1.82, 2.24) is 0 Å². The molecule has 0 bridgehead atoms. The minimum Gasteiger partial charge on any atom is -0.462 e. The second-order valence-electron chi connectivity index (χ2n) is 13.1. The van der Waals surface area contributed by atoms with E-state index in [4.69, 9.17) is 4.74 Å². The number of hydrogen-bond donors (Lipinski definition) is 0. The van der Waals surface area contributed by atoms with Gasteiger partial charge in [0.2, 0.25) is 5.78 Å². The van der Waals surface area contributed by atoms with Gasteiger partial charge in [0.15, 0.2) is 75.6 Å². The molecular formula is C38H19BF20O3S. The van der Waals surface area contributed by atoms with Gasteiger partial charge in [-0.25, -0.2) is 92.6 Å². The summed E-state index contributed by atoms with van der Waals surface area (Å²) in [5, 5.41) is 0. The van der Waals surface area contributed by atoms with E-state index in [-0.39, 0.29) is 22.6 Å². The van der Waals surface area contributed by atoms with Gasteiger partial charge in [-0.2, -0.15) is 0 Å². The van der Waals surface area contributed by atoms with Crippen molar-refractivity contribution in [2.24, 2.45) is 0 Å². The molecule has 0 amide bonds. The zero-order valence-corrected chi connectivity index (χ0v) is 32.0. The van der Waals surface area contributed by atoms with Crippen LogP contribution in [0, 0.1) is 116 Å². The van der Waals surface area contributed by atoms with Crippen molar-refractivity contribution in [2.75, 3.05) is 24.9 Å². The van der Waals surface area contributed by atoms with Gasteiger partial charge in [0.05, 0.1) is 24.7 Å². The average molecular weight is 946 g/mol. The van der Waals surface area contributed by atoms with E-state index in [1.807, 2.05) is 19.4 Å². The highest BCUT2D eigenvalue weighted by Crippen LogP contribution is 2.30. The first-order valence-corrected chi connectivity index (χ1v) is 19.0. The predicted molar refractivity (Wildman–Crippen MR) is 185 cm³/mol. The molecule has 338 valence electrons. The van der Waals surface area contributed by atoms with Gasteiger partial charge in [-0.3, -0.25) is 4.79 Å². The quantitative estimate of drug-likeness (QED) is 0.0270. The molecule has 0 aliphatic heterocycles. The van der Waals surface area contributed by atoms with Crippen LogP contribution >= 0.6 is 0 Å². The molecule has 0 aromatic heterocycles. The van der Waals surface area contributed by atoms with Crippen LogP contribution < -0.4 is 21.9 Å². The van der Waals surface area contributed by atoms with Gasteiger partial charge in [0, 0.05) is 5.56 Å². The lowest BCUT2D eigenvalue weighted by Gasteiger charge is -2.44. The molecule has 63 heavy (non-hydrogen) atoms. The van der Waals surface area contributed by atoms with Crippen molar-refractivity contribution in [3.8, 4) is 0 Å². The summed E-state index contributed by atoms with van der Waals surface area (Å²) in [7, 11) is 0.0942. The van der Waals surface area contributed by atoms with Crippen LogP contribution in [0.1, 0.15) is 34.1 Å². The molecule has 5 aromatic carbocycles. The Kier molecular flexibility index (Phi) is 15.0. The molecule has 5 aromatic rings. The molecule has 0 unspecified atom stereocenters. The van der Waals surface area contributed by atoms with Crippen LogP contribution in [0.3, 0.4) is 0 Å². The number of halogens is 20. The van der Waals surface area contributed by atoms with Crippen molar-refractivity contribution >= 4 is 50.6 Å². The van der Waals surface area contributed by atoms with Gasteiger partial charge in [0.25, 0.3) is 0 Å². The summed E-state index contributed by atoms with van der Waals surface area (Å²) in [6.45, 7) is 2.37. The lowest BCUT2D eigenvalue weighted by Crippen LogP contribution is -2.81. The molecule has 0 spiro atoms. The summed E-state index contributed by atoms with van der Waals surface area (Å²) in [5.74, 6) is -71.1. The molecule has 5 rings (SSSR count). The van der Waals surface area contributed by atoms with E-state index in [1.54, 1.807) is 24.3 Å². The lowest BCUT2D eigenvalue weighted by molar-refractivity contribution is 0.0504. The molecule has 0 heterocycles. The zero-order chi connectivity index (χ0) is 47.9. The molecule has 0 N–H and O–H groups in total. The van der Waals surface area contributed by atoms with E-state index in [0.717, 1.165) is 6.42 Å². The van der Waals surface area contributed by atoms with E-state index in [2.05, 4.69) is 0 Å². The van der Waals surface area contributed by atoms with Crippen LogP contribution in [-0.2, 0) is 15.6 Å². The number of carbonyl (C=O) groups is 2. The molecule has 0 saturated heterocycles. The minimum absolute atomic E-state index is 0.0942. The third kappa shape index (κ3) is 8.42. The summed E-state index contributed by atoms with van der Waals surface area (Å²) in [6.07, 6.45) is -2.34. The van der Waals surface area contributed by atoms with Gasteiger partial charge in [-0.15, -0.1) is 21.9 Å². The number of hydrogen-bond acceptors (Lipinski definition) is 3. The largest absolute Gasteiger partial charge is 0.462 e. The first-order chi connectivity index (χ1) is 29.2. The van der Waals surface area contributed by atoms with Gasteiger partial charge in [-0.1, -0.05) is 19.1 Å². The first-order valence-electron chi connectivity index (χ1n) is 16.8. The highest BCUT2D eigenvalue weighted by atomic mass is 32.2. The molecule has 0 aliphatic rings. The zero-order valence-electron chi connectivity index (χ0n) is 31.2. The number of carbonyl (C=O) groups excluding carboxylic acids is 2. The average Bonchev–Trinajstić information content (AvgIpc) is 3.25. The van der Waals surface area contributed by atoms with E-state index in [1.165, 1.54) is 0 Å². The summed E-state index contributed by atoms with van der Waals surface area (Å²) in [5.41, 5.74) is -13.2. The predicted octanol–water partition coefficient (Wildman–Crippen LogP) is 8.16. The van der Waals surface area contributed by atoms with Gasteiger partial charge >= 0.3 is 5.97 Å². The smallest absolute Gasteiger partial charge is 0.338 e. The van der Waals surface area contributed by atoms with E-state index in [0.29, 0.717) is 23.5 Å². The molecule has 25 heteroatoms. The molecule has 0 radical (unpaired) electrons. The topological polar surface area (TPSA) is 43.4 Å². The SMILES string of the molecule is CCCOC(=O)c1ccc(C(=O)C[S+](C)C)cc1.Fc1c(F)c(F)c([B-](c2c(F)c(F)c(F)c(F)c2F)(c2c(F)c(F)c(F)c(F)c2F)c2c(F)c(F)c(F)c(F)c2F)c(F)c1F. The Morgan fingerprint density at radius 2 is 0.635 bits per heavy atom. The molecule has 0 aliphatic carbocycles. The summed E-state index contributed by atoms with van der Waals surface area (Å²) < 4.78 is 299. The lowest BCUT2D eigenvalue weighted by atomic mass is 9.12. The number of Topliss-reactive ketones (excluding diaryl/α,β-unsaturated/α-hetero) is 1. The van der Waals surface area contributed by atoms with Crippen LogP contribution in [0.5, 0.6) is 0 Å². The van der Waals surface area contributed by atoms with Crippen LogP contribution in [0.15, 0.2) is 24.3 Å². The first kappa shape index (κ1) is 49.9. The molecule has 3 nitrogen and oxygen atoms in total. The third-order valence-corrected chi connectivity index (χ3v) is 9.85. The maximum Gasteiger partial charge on any atom is 0.338 e. The van der Waals surface area contributed by atoms with E-state index < -0.39 is 144 Å². The fourth-order valence-corrected chi connectivity index (χ4v) is 6.98. The summed E-state index contributed by atoms with van der Waals surface area (Å²) in [6, 6.07) is 6.68. The maximum absolute atomic E-state index is 15.4. The second kappa shape index (κ2) is 18.9. The Hall–Kier alpha value is -5.75. The minimum atomic E-state index is -7.22. The summed E-state index contributed by atoms with van der Waals surface area (Å²) in [4.78, 5) is 23.4. The van der Waals surface area contributed by atoms with Gasteiger partial charge < -0.3 is 4.74 Å². The van der Waals surface area contributed by atoms with Crippen LogP contribution in [-0.4, -0.2) is 42.8 Å². The standard InChI is InChI=1S/C24BF20.C14H19O3S/c26-5-1(6(27)14(35)21(42)13(5)34)25(2-7(28)15(36)22(43)16(37)8(2)29,3-9(30)17(38)23(44)18(39)10(3)31)4-11(32)19(40)24(45)20(41)12(4)33;1-4-9-17-14(16)12-7-5-11(6-8-12)13(15)10-18(2)3/h;5-8H,4,9-10H2,1-3H3/q-1;+1. The molecular weight excluding hydrogens is 927 g/mol. The Bertz CT molecular complexity index is 2280. The van der Waals surface area contributed by atoms with Crippen molar-refractivity contribution in [1.29, 1.82) is 0 Å². The Morgan fingerprint density at radius 3 is 0.857 bits per heavy atom. The Morgan fingerprint density at radius 1 is 0.413 bits per heavy atom. The molecule has 0 saturated carbocycles. The number of benzene rings is 5. The third-order valence-electron chi connectivity index (χ3n) is 9.01. The normalized spacial score (nSPS) is 11.6. The van der Waals surface area contributed by atoms with Gasteiger partial charge in [-0.05, 0) is 29.4 Å². The highest BCUT2D eigenvalue weighted by Gasteiger charge is 2.52. The van der Waals surface area contributed by atoms with Crippen molar-refractivity contribution in [3.05, 3.63) is 152 Å². The van der Waals surface area contributed by atoms with Crippen molar-refractivity contribution in [2.45, 2.75) is 13.3 Å². The number of rotatable bonds is 10. The number of ketones is 1. The van der Waals surface area contributed by atoms with Crippen molar-refractivity contribution < 1.29 is 102 Å². The highest BCUT2D eigenvalue weighted by molar-refractivity contribution is 7.96. The number of esters is 1. The fraction of sp³-hybridized carbons (Fsp3) is 0.158. The molecule has 0 atom stereocenters. The van der Waals surface area contributed by atoms with Crippen LogP contribution in [0.25, 0.3) is 0 Å². The Labute approximate surface area is 342 Å². The number of ether oxygens (including phenoxy) is 1.